The van der Waals surface area contributed by atoms with Crippen LogP contribution in [-0.4, -0.2) is 35.0 Å². The molecule has 0 aromatic heterocycles. The first-order valence-electron chi connectivity index (χ1n) is 6.45. The van der Waals surface area contributed by atoms with Gasteiger partial charge in [-0.1, -0.05) is 0 Å². The van der Waals surface area contributed by atoms with Gasteiger partial charge in [-0.3, -0.25) is 0 Å². The molecule has 0 aromatic rings. The standard InChI is InChI=1S/C12H18F3N3O/c1-11(5-2-6-12(13,14)15)9(16)17-10(19)18(11)7-8-3-4-8/h8H,2-7H2,1H3,(H2,16,17,19). The van der Waals surface area contributed by atoms with Gasteiger partial charge in [0.15, 0.2) is 0 Å². The summed E-state index contributed by atoms with van der Waals surface area (Å²) < 4.78 is 36.6. The van der Waals surface area contributed by atoms with Crippen molar-refractivity contribution in [2.75, 3.05) is 6.54 Å². The molecular weight excluding hydrogens is 259 g/mol. The summed E-state index contributed by atoms with van der Waals surface area (Å²) in [5, 5.41) is 0. The molecule has 7 heteroatoms. The Balaban J connectivity index is 2.00. The predicted octanol–water partition coefficient (Wildman–Crippen LogP) is 2.68. The fourth-order valence-corrected chi connectivity index (χ4v) is 2.37. The van der Waals surface area contributed by atoms with Crippen LogP contribution in [0.4, 0.5) is 18.0 Å². The number of amidine groups is 1. The highest BCUT2D eigenvalue weighted by atomic mass is 19.4. The van der Waals surface area contributed by atoms with Crippen molar-refractivity contribution in [1.29, 1.82) is 0 Å². The van der Waals surface area contributed by atoms with E-state index in [1.807, 2.05) is 0 Å². The first-order valence-corrected chi connectivity index (χ1v) is 6.45. The Kier molecular flexibility index (Phi) is 3.49. The minimum absolute atomic E-state index is 0.0509. The Bertz CT molecular complexity index is 404. The van der Waals surface area contributed by atoms with Crippen LogP contribution in [0, 0.1) is 5.92 Å². The van der Waals surface area contributed by atoms with E-state index in [9.17, 15) is 18.0 Å². The summed E-state index contributed by atoms with van der Waals surface area (Å²) >= 11 is 0. The van der Waals surface area contributed by atoms with Gasteiger partial charge in [0.2, 0.25) is 0 Å². The molecule has 19 heavy (non-hydrogen) atoms. The monoisotopic (exact) mass is 277 g/mol. The van der Waals surface area contributed by atoms with Gasteiger partial charge in [-0.15, -0.1) is 0 Å². The van der Waals surface area contributed by atoms with E-state index in [0.717, 1.165) is 12.8 Å². The fourth-order valence-electron chi connectivity index (χ4n) is 2.37. The maximum Gasteiger partial charge on any atom is 0.389 e. The highest BCUT2D eigenvalue weighted by Gasteiger charge is 2.46. The van der Waals surface area contributed by atoms with E-state index in [4.69, 9.17) is 5.73 Å². The molecule has 0 aromatic carbocycles. The van der Waals surface area contributed by atoms with E-state index >= 15 is 0 Å². The summed E-state index contributed by atoms with van der Waals surface area (Å²) in [6, 6.07) is -0.418. The van der Waals surface area contributed by atoms with E-state index < -0.39 is 24.2 Å². The summed E-state index contributed by atoms with van der Waals surface area (Å²) in [4.78, 5) is 17.0. The molecule has 1 atom stereocenters. The predicted molar refractivity (Wildman–Crippen MR) is 64.8 cm³/mol. The van der Waals surface area contributed by atoms with Crippen molar-refractivity contribution in [3.63, 3.8) is 0 Å². The highest BCUT2D eigenvalue weighted by molar-refractivity contribution is 6.05. The number of aliphatic imine (C=N–C) groups is 1. The smallest absolute Gasteiger partial charge is 0.385 e. The van der Waals surface area contributed by atoms with Crippen molar-refractivity contribution >= 4 is 11.9 Å². The van der Waals surface area contributed by atoms with Crippen molar-refractivity contribution < 1.29 is 18.0 Å². The second-order valence-electron chi connectivity index (χ2n) is 5.58. The van der Waals surface area contributed by atoms with Crippen molar-refractivity contribution in [3.8, 4) is 0 Å². The Morgan fingerprint density at radius 3 is 2.63 bits per heavy atom. The lowest BCUT2D eigenvalue weighted by Gasteiger charge is -2.35. The molecule has 0 saturated heterocycles. The molecule has 2 rings (SSSR count). The average molecular weight is 277 g/mol. The maximum absolute atomic E-state index is 12.2. The summed E-state index contributed by atoms with van der Waals surface area (Å²) in [5.41, 5.74) is 4.89. The van der Waals surface area contributed by atoms with Crippen LogP contribution in [0.5, 0.6) is 0 Å². The Hall–Kier alpha value is -1.27. The third kappa shape index (κ3) is 3.19. The Morgan fingerprint density at radius 1 is 1.47 bits per heavy atom. The third-order valence-corrected chi connectivity index (χ3v) is 3.86. The second kappa shape index (κ2) is 4.68. The van der Waals surface area contributed by atoms with Crippen LogP contribution in [0.15, 0.2) is 4.99 Å². The number of carbonyl (C=O) groups excluding carboxylic acids is 1. The zero-order valence-corrected chi connectivity index (χ0v) is 10.8. The first-order chi connectivity index (χ1) is 8.72. The molecule has 1 aliphatic carbocycles. The summed E-state index contributed by atoms with van der Waals surface area (Å²) in [7, 11) is 0. The normalized spacial score (nSPS) is 27.9. The van der Waals surface area contributed by atoms with Crippen LogP contribution in [0.2, 0.25) is 0 Å². The minimum atomic E-state index is -4.17. The van der Waals surface area contributed by atoms with Gasteiger partial charge in [0.1, 0.15) is 5.84 Å². The van der Waals surface area contributed by atoms with Gasteiger partial charge in [-0.25, -0.2) is 4.79 Å². The molecule has 1 unspecified atom stereocenters. The zero-order valence-electron chi connectivity index (χ0n) is 10.8. The maximum atomic E-state index is 12.2. The number of nitrogens with zero attached hydrogens (tertiary/aromatic N) is 2. The SMILES string of the molecule is CC1(CCCC(F)(F)F)C(N)=NC(=O)N1CC1CC1. The number of hydrogen-bond acceptors (Lipinski definition) is 2. The second-order valence-corrected chi connectivity index (χ2v) is 5.58. The van der Waals surface area contributed by atoms with E-state index in [-0.39, 0.29) is 18.7 Å². The molecule has 1 aliphatic heterocycles. The number of halogens is 3. The fraction of sp³-hybridized carbons (Fsp3) is 0.833. The average Bonchev–Trinajstić information content (AvgIpc) is 3.03. The zero-order chi connectivity index (χ0) is 14.3. The van der Waals surface area contributed by atoms with E-state index in [1.54, 1.807) is 6.92 Å². The van der Waals surface area contributed by atoms with E-state index in [1.165, 1.54) is 4.90 Å². The number of amides is 2. The van der Waals surface area contributed by atoms with Gasteiger partial charge in [0.25, 0.3) is 0 Å². The van der Waals surface area contributed by atoms with Crippen LogP contribution in [-0.2, 0) is 0 Å². The molecule has 0 radical (unpaired) electrons. The molecule has 2 amide bonds. The number of alkyl halides is 3. The molecule has 1 heterocycles. The Labute approximate surface area is 109 Å². The summed E-state index contributed by atoms with van der Waals surface area (Å²) in [6.07, 6.45) is -2.77. The largest absolute Gasteiger partial charge is 0.389 e. The molecule has 2 aliphatic rings. The van der Waals surface area contributed by atoms with Crippen LogP contribution < -0.4 is 5.73 Å². The van der Waals surface area contributed by atoms with Gasteiger partial charge < -0.3 is 10.6 Å². The molecule has 1 fully saturated rings. The summed E-state index contributed by atoms with van der Waals surface area (Å²) in [6.45, 7) is 2.25. The number of hydrogen-bond donors (Lipinski definition) is 1. The van der Waals surface area contributed by atoms with Crippen molar-refractivity contribution in [2.45, 2.75) is 50.7 Å². The highest BCUT2D eigenvalue weighted by Crippen LogP contribution is 2.36. The van der Waals surface area contributed by atoms with Gasteiger partial charge in [-0.2, -0.15) is 18.2 Å². The molecular formula is C12H18F3N3O. The molecule has 1 saturated carbocycles. The van der Waals surface area contributed by atoms with Gasteiger partial charge in [0.05, 0.1) is 5.54 Å². The lowest BCUT2D eigenvalue weighted by atomic mass is 9.92. The van der Waals surface area contributed by atoms with Crippen LogP contribution in [0.25, 0.3) is 0 Å². The molecule has 0 spiro atoms. The van der Waals surface area contributed by atoms with Gasteiger partial charge in [0, 0.05) is 13.0 Å². The first kappa shape index (κ1) is 14.1. The lowest BCUT2D eigenvalue weighted by Crippen LogP contribution is -2.52. The number of carbonyl (C=O) groups is 1. The van der Waals surface area contributed by atoms with Crippen molar-refractivity contribution in [2.24, 2.45) is 16.6 Å². The lowest BCUT2D eigenvalue weighted by molar-refractivity contribution is -0.136. The van der Waals surface area contributed by atoms with E-state index in [2.05, 4.69) is 4.99 Å². The van der Waals surface area contributed by atoms with E-state index in [0.29, 0.717) is 12.5 Å². The quantitative estimate of drug-likeness (QED) is 0.840. The minimum Gasteiger partial charge on any atom is -0.385 e. The van der Waals surface area contributed by atoms with Gasteiger partial charge >= 0.3 is 12.2 Å². The van der Waals surface area contributed by atoms with Crippen LogP contribution in [0.3, 0.4) is 0 Å². The molecule has 108 valence electrons. The number of urea groups is 1. The number of nitrogens with two attached hydrogens (primary N) is 1. The van der Waals surface area contributed by atoms with Crippen molar-refractivity contribution in [1.82, 2.24) is 4.90 Å². The van der Waals surface area contributed by atoms with Crippen molar-refractivity contribution in [3.05, 3.63) is 0 Å². The van der Waals surface area contributed by atoms with Gasteiger partial charge in [-0.05, 0) is 38.5 Å². The molecule has 4 nitrogen and oxygen atoms in total. The third-order valence-electron chi connectivity index (χ3n) is 3.86. The molecule has 0 bridgehead atoms. The Morgan fingerprint density at radius 2 is 2.11 bits per heavy atom. The topological polar surface area (TPSA) is 58.7 Å². The van der Waals surface area contributed by atoms with Crippen LogP contribution >= 0.6 is 0 Å². The van der Waals surface area contributed by atoms with Crippen LogP contribution in [0.1, 0.15) is 39.0 Å². The molecule has 2 N–H and O–H groups in total. The number of rotatable bonds is 5. The summed E-state index contributed by atoms with van der Waals surface area (Å²) in [5.74, 6) is 0.590.